The highest BCUT2D eigenvalue weighted by molar-refractivity contribution is 7.54. The fourth-order valence-electron chi connectivity index (χ4n) is 7.32. The van der Waals surface area contributed by atoms with Crippen molar-refractivity contribution in [2.75, 3.05) is 20.1 Å². The van der Waals surface area contributed by atoms with Gasteiger partial charge in [0.1, 0.15) is 12.1 Å². The minimum atomic E-state index is -5.56. The molecule has 6 atom stereocenters. The average molecular weight is 961 g/mol. The maximum Gasteiger partial charge on any atom is 0.410 e. The van der Waals surface area contributed by atoms with Crippen LogP contribution in [0, 0.1) is 22.7 Å². The van der Waals surface area contributed by atoms with Crippen LogP contribution in [-0.2, 0) is 68.9 Å². The van der Waals surface area contributed by atoms with Gasteiger partial charge in [0.25, 0.3) is 0 Å². The predicted molar refractivity (Wildman–Crippen MR) is 244 cm³/mol. The van der Waals surface area contributed by atoms with Crippen molar-refractivity contribution in [2.45, 2.75) is 137 Å². The second-order valence-electron chi connectivity index (χ2n) is 19.2. The van der Waals surface area contributed by atoms with Gasteiger partial charge in [-0.15, -0.1) is 0 Å². The van der Waals surface area contributed by atoms with E-state index in [1.807, 2.05) is 37.3 Å². The first-order valence-electron chi connectivity index (χ1n) is 22.5. The number of nitrogens with one attached hydrogen (secondary N) is 2. The summed E-state index contributed by atoms with van der Waals surface area (Å²) in [6.07, 6.45) is 3.33. The Morgan fingerprint density at radius 3 is 2.00 bits per heavy atom. The lowest BCUT2D eigenvalue weighted by atomic mass is 9.98. The molecule has 19 heteroatoms. The Kier molecular flexibility index (Phi) is 19.0. The van der Waals surface area contributed by atoms with Gasteiger partial charge in [-0.3, -0.25) is 42.4 Å². The van der Waals surface area contributed by atoms with Gasteiger partial charge in [-0.1, -0.05) is 74.4 Å². The van der Waals surface area contributed by atoms with Gasteiger partial charge in [0.2, 0.25) is 37.2 Å². The van der Waals surface area contributed by atoms with E-state index in [9.17, 15) is 33.3 Å². The standard InChI is InChI=1S/C48H67F2N4O12P/c1-10-11-17-38(43(58)54-26-34-25-36(34)41(54)42(57)53-37(22-23-39(51)55)31(3)62-27-32-15-13-12-14-16-32)52-40(56)24-30(2)33-18-20-35(21-19-33)48(49,50)67(61,65-28-63-44(59)46(4,5)6)66-29-64-45(60)47(7,8)9/h12-16,18-21,24,31,34,36-38,41H,10-11,17,22-23,25-29H2,1-9H3,(H2,51,55)(H,52,56)(H,53,57)/b30-24+/t31-,34-,36-,37?,38?,41?/m1/s1. The van der Waals surface area contributed by atoms with Crippen LogP contribution in [0.5, 0.6) is 0 Å². The van der Waals surface area contributed by atoms with Gasteiger partial charge in [-0.25, -0.2) is 0 Å². The zero-order valence-corrected chi connectivity index (χ0v) is 40.8. The van der Waals surface area contributed by atoms with Gasteiger partial charge in [0.15, 0.2) is 0 Å². The molecule has 67 heavy (non-hydrogen) atoms. The maximum absolute atomic E-state index is 16.1. The average Bonchev–Trinajstić information content (AvgIpc) is 3.92. The lowest BCUT2D eigenvalue weighted by Gasteiger charge is -2.33. The third-order valence-electron chi connectivity index (χ3n) is 11.5. The van der Waals surface area contributed by atoms with Crippen molar-refractivity contribution in [2.24, 2.45) is 28.4 Å². The molecule has 1 heterocycles. The number of carbonyl (C=O) groups excluding carboxylic acids is 6. The molecule has 1 saturated heterocycles. The number of hydrogen-bond acceptors (Lipinski definition) is 12. The number of esters is 2. The van der Waals surface area contributed by atoms with Crippen LogP contribution in [0.2, 0.25) is 0 Å². The molecule has 2 aliphatic rings. The van der Waals surface area contributed by atoms with Crippen LogP contribution in [-0.4, -0.2) is 84.8 Å². The SMILES string of the molecule is CCCCC(NC(=O)/C=C(\C)c1ccc(C(F)(F)P(=O)(OCOC(=O)C(C)(C)C)OCOC(=O)C(C)(C)C)cc1)C(=O)N1C[C@H]2C[C@H]2C1C(=O)NC(CCC(N)=O)[C@@H](C)OCc1ccccc1. The molecule has 0 bridgehead atoms. The molecule has 1 aliphatic heterocycles. The van der Waals surface area contributed by atoms with Crippen LogP contribution in [0.1, 0.15) is 118 Å². The van der Waals surface area contributed by atoms with E-state index < -0.39 is 97.1 Å². The summed E-state index contributed by atoms with van der Waals surface area (Å²) in [7, 11) is -5.56. The van der Waals surface area contributed by atoms with Crippen molar-refractivity contribution >= 4 is 48.7 Å². The number of ether oxygens (including phenoxy) is 3. The molecule has 2 fully saturated rings. The van der Waals surface area contributed by atoms with Crippen molar-refractivity contribution in [1.29, 1.82) is 0 Å². The molecule has 0 spiro atoms. The number of nitrogens with zero attached hydrogens (tertiary/aromatic N) is 1. The Morgan fingerprint density at radius 1 is 0.881 bits per heavy atom. The number of halogens is 2. The molecule has 3 unspecified atom stereocenters. The topological polar surface area (TPSA) is 219 Å². The summed E-state index contributed by atoms with van der Waals surface area (Å²) in [5.41, 5.74) is -0.168. The van der Waals surface area contributed by atoms with Gasteiger partial charge in [-0.05, 0) is 103 Å². The van der Waals surface area contributed by atoms with E-state index in [1.54, 1.807) is 13.8 Å². The number of hydrogen-bond donors (Lipinski definition) is 3. The number of rotatable bonds is 24. The first kappa shape index (κ1) is 54.6. The van der Waals surface area contributed by atoms with E-state index >= 15 is 8.78 Å². The van der Waals surface area contributed by atoms with Crippen LogP contribution in [0.3, 0.4) is 0 Å². The Morgan fingerprint density at radius 2 is 1.46 bits per heavy atom. The van der Waals surface area contributed by atoms with E-state index in [-0.39, 0.29) is 37.2 Å². The Bertz CT molecular complexity index is 2110. The first-order valence-corrected chi connectivity index (χ1v) is 24.1. The Hall–Kier alpha value is -5.03. The number of amides is 4. The molecule has 4 amide bonds. The van der Waals surface area contributed by atoms with Crippen LogP contribution in [0.25, 0.3) is 5.57 Å². The Labute approximate surface area is 391 Å². The zero-order valence-electron chi connectivity index (χ0n) is 39.9. The molecule has 2 aromatic carbocycles. The molecule has 370 valence electrons. The molecule has 4 N–H and O–H groups in total. The summed E-state index contributed by atoms with van der Waals surface area (Å²) in [6, 6.07) is 11.6. The smallest absolute Gasteiger partial charge is 0.410 e. The number of allylic oxidation sites excluding steroid dienone is 1. The number of primary amides is 1. The third-order valence-corrected chi connectivity index (χ3v) is 13.4. The number of fused-ring (bicyclic) bond motifs is 1. The van der Waals surface area contributed by atoms with Gasteiger partial charge < -0.3 is 35.5 Å². The number of alkyl halides is 2. The minimum Gasteiger partial charge on any atom is -0.438 e. The normalized spacial score (nSPS) is 18.8. The highest BCUT2D eigenvalue weighted by atomic mass is 31.2. The van der Waals surface area contributed by atoms with Crippen LogP contribution in [0.15, 0.2) is 60.7 Å². The van der Waals surface area contributed by atoms with E-state index in [0.29, 0.717) is 30.5 Å². The van der Waals surface area contributed by atoms with Crippen LogP contribution >= 0.6 is 7.60 Å². The molecule has 0 aromatic heterocycles. The van der Waals surface area contributed by atoms with Crippen LogP contribution < -0.4 is 16.4 Å². The zero-order chi connectivity index (χ0) is 49.9. The van der Waals surface area contributed by atoms with Crippen molar-refractivity contribution in [1.82, 2.24) is 15.5 Å². The van der Waals surface area contributed by atoms with Gasteiger partial charge in [-0.2, -0.15) is 8.78 Å². The maximum atomic E-state index is 16.1. The lowest BCUT2D eigenvalue weighted by Crippen LogP contribution is -2.57. The molecular formula is C48H67F2N4O12P. The summed E-state index contributed by atoms with van der Waals surface area (Å²) in [4.78, 5) is 79.7. The lowest BCUT2D eigenvalue weighted by molar-refractivity contribution is -0.163. The van der Waals surface area contributed by atoms with Gasteiger partial charge in [0, 0.05) is 24.6 Å². The highest BCUT2D eigenvalue weighted by Crippen LogP contribution is 2.67. The summed E-state index contributed by atoms with van der Waals surface area (Å²) >= 11 is 0. The number of likely N-dealkylation sites (tertiary alicyclic amines) is 1. The molecule has 1 saturated carbocycles. The first-order chi connectivity index (χ1) is 31.3. The Balaban J connectivity index is 1.47. The van der Waals surface area contributed by atoms with Gasteiger partial charge in [0.05, 0.1) is 29.6 Å². The molecule has 1 aliphatic carbocycles. The number of piperidine rings is 1. The highest BCUT2D eigenvalue weighted by Gasteiger charge is 2.58. The largest absolute Gasteiger partial charge is 0.438 e. The van der Waals surface area contributed by atoms with Gasteiger partial charge >= 0.3 is 25.2 Å². The molecule has 16 nitrogen and oxygen atoms in total. The van der Waals surface area contributed by atoms with Crippen molar-refractivity contribution in [3.8, 4) is 0 Å². The van der Waals surface area contributed by atoms with Crippen molar-refractivity contribution in [3.05, 3.63) is 77.4 Å². The second-order valence-corrected chi connectivity index (χ2v) is 21.3. The predicted octanol–water partition coefficient (Wildman–Crippen LogP) is 7.34. The number of carbonyl (C=O) groups is 6. The van der Waals surface area contributed by atoms with Crippen molar-refractivity contribution in [3.63, 3.8) is 0 Å². The van der Waals surface area contributed by atoms with Crippen LogP contribution in [0.4, 0.5) is 8.78 Å². The monoisotopic (exact) mass is 960 g/mol. The van der Waals surface area contributed by atoms with E-state index in [0.717, 1.165) is 30.5 Å². The molecule has 2 aromatic rings. The van der Waals surface area contributed by atoms with E-state index in [2.05, 4.69) is 10.6 Å². The number of nitrogens with two attached hydrogens (primary N) is 1. The second kappa shape index (κ2) is 23.3. The molecule has 0 radical (unpaired) electrons. The summed E-state index contributed by atoms with van der Waals surface area (Å²) in [5.74, 6) is -3.54. The summed E-state index contributed by atoms with van der Waals surface area (Å²) in [5, 5.41) is 5.84. The number of benzene rings is 2. The fourth-order valence-corrected chi connectivity index (χ4v) is 8.57. The van der Waals surface area contributed by atoms with Crippen molar-refractivity contribution < 1.29 is 65.4 Å². The third kappa shape index (κ3) is 15.2. The van der Waals surface area contributed by atoms with E-state index in [4.69, 9.17) is 29.0 Å². The quantitative estimate of drug-likeness (QED) is 0.0408. The molecular weight excluding hydrogens is 894 g/mol. The number of unbranched alkanes of at least 4 members (excludes halogenated alkanes) is 1. The fraction of sp³-hybridized carbons (Fsp3) is 0.583. The minimum absolute atomic E-state index is 0.0137. The summed E-state index contributed by atoms with van der Waals surface area (Å²) in [6.45, 7) is 12.7. The molecule has 4 rings (SSSR count). The summed E-state index contributed by atoms with van der Waals surface area (Å²) < 4.78 is 71.8. The van der Waals surface area contributed by atoms with E-state index in [1.165, 1.54) is 64.7 Å².